The van der Waals surface area contributed by atoms with E-state index in [2.05, 4.69) is 26.6 Å². The van der Waals surface area contributed by atoms with Crippen molar-refractivity contribution in [1.82, 2.24) is 0 Å². The Hall–Kier alpha value is 0.540. The van der Waals surface area contributed by atoms with E-state index in [1.54, 1.807) is 35.2 Å². The second kappa shape index (κ2) is 70.6. The molecule has 0 aromatic carbocycles. The molecule has 0 radical (unpaired) electrons. The van der Waals surface area contributed by atoms with Crippen LogP contribution in [0.25, 0.3) is 26.6 Å². The number of rotatable bonds is 5. The molecule has 0 aliphatic heterocycles. The SMILES string of the molecule is CC[N-]C.CC[N-]C.CC[N-]C.CC[N-]C.CC[N-]C.[Ta+5]. The third kappa shape index (κ3) is 230. The molecule has 130 valence electrons. The average Bonchev–Trinajstić information content (AvgIpc) is 2.55. The van der Waals surface area contributed by atoms with E-state index in [9.17, 15) is 0 Å². The molecule has 21 heavy (non-hydrogen) atoms. The van der Waals surface area contributed by atoms with Gasteiger partial charge in [-0.25, -0.2) is 0 Å². The fraction of sp³-hybridized carbons (Fsp3) is 1.00. The van der Waals surface area contributed by atoms with Crippen LogP contribution < -0.4 is 0 Å². The molecular formula is C15H40N5Ta. The maximum absolute atomic E-state index is 3.74. The summed E-state index contributed by atoms with van der Waals surface area (Å²) in [4.78, 5) is 0. The van der Waals surface area contributed by atoms with Crippen LogP contribution in [0, 0.1) is 0 Å². The van der Waals surface area contributed by atoms with E-state index in [1.807, 2.05) is 34.6 Å². The minimum Gasteiger partial charge on any atom is -0.665 e. The van der Waals surface area contributed by atoms with Crippen LogP contribution in [0.15, 0.2) is 0 Å². The molecule has 0 atom stereocenters. The van der Waals surface area contributed by atoms with Gasteiger partial charge in [-0.1, -0.05) is 34.6 Å². The van der Waals surface area contributed by atoms with Gasteiger partial charge in [0.05, 0.1) is 0 Å². The van der Waals surface area contributed by atoms with E-state index in [4.69, 9.17) is 0 Å². The van der Waals surface area contributed by atoms with Crippen molar-refractivity contribution in [2.75, 3.05) is 68.0 Å². The van der Waals surface area contributed by atoms with Gasteiger partial charge >= 0.3 is 22.4 Å². The smallest absolute Gasteiger partial charge is 0.665 e. The van der Waals surface area contributed by atoms with Gasteiger partial charge in [0, 0.05) is 0 Å². The van der Waals surface area contributed by atoms with E-state index < -0.39 is 0 Å². The molecule has 0 aromatic rings. The summed E-state index contributed by atoms with van der Waals surface area (Å²) in [5, 5.41) is 18.7. The van der Waals surface area contributed by atoms with E-state index >= 15 is 0 Å². The first-order valence-corrected chi connectivity index (χ1v) is 7.35. The van der Waals surface area contributed by atoms with Gasteiger partial charge in [0.25, 0.3) is 0 Å². The third-order valence-electron chi connectivity index (χ3n) is 1.58. The van der Waals surface area contributed by atoms with E-state index in [0.717, 1.165) is 32.7 Å². The Morgan fingerprint density at radius 2 is 0.429 bits per heavy atom. The molecule has 0 aliphatic carbocycles. The molecule has 0 unspecified atom stereocenters. The summed E-state index contributed by atoms with van der Waals surface area (Å²) in [6.07, 6.45) is 0. The molecule has 0 N–H and O–H groups in total. The molecule has 6 heteroatoms. The van der Waals surface area contributed by atoms with Crippen molar-refractivity contribution >= 4 is 0 Å². The molecule has 0 amide bonds. The zero-order chi connectivity index (χ0) is 17.1. The van der Waals surface area contributed by atoms with Crippen molar-refractivity contribution in [2.45, 2.75) is 34.6 Å². The maximum atomic E-state index is 3.74. The predicted molar refractivity (Wildman–Crippen MR) is 99.1 cm³/mol. The summed E-state index contributed by atoms with van der Waals surface area (Å²) in [7, 11) is 9.03. The van der Waals surface area contributed by atoms with Crippen LogP contribution in [-0.2, 0) is 22.4 Å². The number of nitrogens with zero attached hydrogens (tertiary/aromatic N) is 5. The molecular weight excluding hydrogens is 431 g/mol. The van der Waals surface area contributed by atoms with Gasteiger partial charge in [0.2, 0.25) is 0 Å². The molecule has 0 spiro atoms. The van der Waals surface area contributed by atoms with Gasteiger partial charge in [-0.3, -0.25) is 0 Å². The van der Waals surface area contributed by atoms with Crippen molar-refractivity contribution in [3.05, 3.63) is 26.6 Å². The monoisotopic (exact) mass is 471 g/mol. The van der Waals surface area contributed by atoms with Crippen LogP contribution in [0.2, 0.25) is 0 Å². The van der Waals surface area contributed by atoms with Crippen LogP contribution in [0.3, 0.4) is 0 Å². The van der Waals surface area contributed by atoms with Crippen molar-refractivity contribution in [2.24, 2.45) is 0 Å². The minimum atomic E-state index is 0. The first-order chi connectivity index (χ1) is 9.57. The molecule has 0 aliphatic rings. The maximum Gasteiger partial charge on any atom is 5.00 e. The van der Waals surface area contributed by atoms with Crippen LogP contribution in [0.4, 0.5) is 0 Å². The van der Waals surface area contributed by atoms with E-state index in [-0.39, 0.29) is 22.4 Å². The number of hydrogen-bond donors (Lipinski definition) is 0. The zero-order valence-electron chi connectivity index (χ0n) is 16.2. The molecule has 0 rings (SSSR count). The molecule has 0 heterocycles. The Kier molecular flexibility index (Phi) is 127. The second-order valence-corrected chi connectivity index (χ2v) is 3.16. The molecule has 5 nitrogen and oxygen atoms in total. The summed E-state index contributed by atoms with van der Waals surface area (Å²) >= 11 is 0. The molecule has 0 fully saturated rings. The standard InChI is InChI=1S/5C3H8N.Ta/c5*1-3-4-2;/h5*3H2,1-2H3;/q5*-1;+5. The van der Waals surface area contributed by atoms with Crippen LogP contribution in [-0.4, -0.2) is 68.0 Å². The first kappa shape index (κ1) is 37.6. The Bertz CT molecular complexity index is 55.2. The van der Waals surface area contributed by atoms with Gasteiger partial charge in [0.15, 0.2) is 0 Å². The topological polar surface area (TPSA) is 70.5 Å². The van der Waals surface area contributed by atoms with Crippen LogP contribution in [0.1, 0.15) is 34.6 Å². The summed E-state index contributed by atoms with van der Waals surface area (Å²) in [5.41, 5.74) is 0. The fourth-order valence-corrected chi connectivity index (χ4v) is 0. The summed E-state index contributed by atoms with van der Waals surface area (Å²) in [6, 6.07) is 0. The molecule has 0 saturated carbocycles. The van der Waals surface area contributed by atoms with E-state index in [0.29, 0.717) is 0 Å². The Morgan fingerprint density at radius 3 is 0.429 bits per heavy atom. The quantitative estimate of drug-likeness (QED) is 0.539. The summed E-state index contributed by atoms with van der Waals surface area (Å²) in [6.45, 7) is 14.8. The van der Waals surface area contributed by atoms with Crippen LogP contribution in [0.5, 0.6) is 0 Å². The molecule has 0 bridgehead atoms. The van der Waals surface area contributed by atoms with Gasteiger partial charge in [-0.2, -0.15) is 68.0 Å². The van der Waals surface area contributed by atoms with Gasteiger partial charge < -0.3 is 26.6 Å². The van der Waals surface area contributed by atoms with Crippen molar-refractivity contribution < 1.29 is 22.4 Å². The average molecular weight is 471 g/mol. The van der Waals surface area contributed by atoms with Crippen molar-refractivity contribution in [1.29, 1.82) is 0 Å². The minimum absolute atomic E-state index is 0. The fourth-order valence-electron chi connectivity index (χ4n) is 0. The van der Waals surface area contributed by atoms with Gasteiger partial charge in [-0.15, -0.1) is 0 Å². The van der Waals surface area contributed by atoms with Crippen molar-refractivity contribution in [3.63, 3.8) is 0 Å². The van der Waals surface area contributed by atoms with Crippen molar-refractivity contribution in [3.8, 4) is 0 Å². The Labute approximate surface area is 151 Å². The Morgan fingerprint density at radius 1 is 0.381 bits per heavy atom. The largest absolute Gasteiger partial charge is 5.00 e. The molecule has 0 saturated heterocycles. The van der Waals surface area contributed by atoms with Crippen LogP contribution >= 0.6 is 0 Å². The third-order valence-corrected chi connectivity index (χ3v) is 1.58. The zero-order valence-corrected chi connectivity index (χ0v) is 19.4. The summed E-state index contributed by atoms with van der Waals surface area (Å²) < 4.78 is 0. The second-order valence-electron chi connectivity index (χ2n) is 3.16. The van der Waals surface area contributed by atoms with Gasteiger partial charge in [-0.05, 0) is 0 Å². The Balaban J connectivity index is -0.0000000331. The first-order valence-electron chi connectivity index (χ1n) is 7.35. The normalized spacial score (nSPS) is 7.14. The molecule has 0 aromatic heterocycles. The summed E-state index contributed by atoms with van der Waals surface area (Å²) in [5.74, 6) is 0. The number of hydrogen-bond acceptors (Lipinski definition) is 0. The predicted octanol–water partition coefficient (Wildman–Crippen LogP) is 5.05. The van der Waals surface area contributed by atoms with Gasteiger partial charge in [0.1, 0.15) is 0 Å². The van der Waals surface area contributed by atoms with E-state index in [1.165, 1.54) is 0 Å².